The van der Waals surface area contributed by atoms with Crippen LogP contribution in [0.3, 0.4) is 0 Å². The summed E-state index contributed by atoms with van der Waals surface area (Å²) in [5.74, 6) is 1.01. The Morgan fingerprint density at radius 2 is 1.68 bits per heavy atom. The molecule has 2 saturated heterocycles. The lowest BCUT2D eigenvalue weighted by molar-refractivity contribution is -0.0276. The van der Waals surface area contributed by atoms with Crippen LogP contribution in [0.15, 0.2) is 48.5 Å². The Kier molecular flexibility index (Phi) is 6.74. The molecule has 7 heteroatoms. The fourth-order valence-corrected chi connectivity index (χ4v) is 6.22. The number of carbonyl (C=O) groups is 1. The highest BCUT2D eigenvalue weighted by Gasteiger charge is 2.33. The quantitative estimate of drug-likeness (QED) is 0.467. The molecule has 2 amide bonds. The Hall–Kier alpha value is -3.16. The van der Waals surface area contributed by atoms with Crippen molar-refractivity contribution in [3.63, 3.8) is 0 Å². The first-order valence-corrected chi connectivity index (χ1v) is 14.1. The minimum absolute atomic E-state index is 0.0881. The van der Waals surface area contributed by atoms with Gasteiger partial charge in [-0.1, -0.05) is 36.4 Å². The lowest BCUT2D eigenvalue weighted by Gasteiger charge is -2.32. The monoisotopic (exact) mass is 513 g/mol. The van der Waals surface area contributed by atoms with E-state index in [1.807, 2.05) is 9.80 Å². The van der Waals surface area contributed by atoms with E-state index in [4.69, 9.17) is 9.72 Å². The molecule has 0 spiro atoms. The van der Waals surface area contributed by atoms with E-state index in [-0.39, 0.29) is 24.3 Å². The van der Waals surface area contributed by atoms with Crippen molar-refractivity contribution in [2.45, 2.75) is 64.8 Å². The summed E-state index contributed by atoms with van der Waals surface area (Å²) in [6.45, 7) is 10.8. The molecule has 0 radical (unpaired) electrons. The number of likely N-dealkylation sites (tertiary alicyclic amines) is 1. The maximum absolute atomic E-state index is 12.9. The molecular formula is C31H39N5O2. The number of aromatic nitrogens is 2. The molecule has 3 aliphatic rings. The third-order valence-electron chi connectivity index (χ3n) is 8.54. The summed E-state index contributed by atoms with van der Waals surface area (Å²) in [6.07, 6.45) is 3.13. The fourth-order valence-electron chi connectivity index (χ4n) is 6.22. The number of nitrogens with zero attached hydrogens (tertiary/aromatic N) is 5. The molecule has 0 N–H and O–H groups in total. The topological polar surface area (TPSA) is 53.8 Å². The van der Waals surface area contributed by atoms with Gasteiger partial charge in [0.2, 0.25) is 0 Å². The molecule has 0 aliphatic carbocycles. The van der Waals surface area contributed by atoms with Crippen LogP contribution in [-0.2, 0) is 17.7 Å². The van der Waals surface area contributed by atoms with E-state index in [0.717, 1.165) is 74.8 Å². The zero-order valence-electron chi connectivity index (χ0n) is 23.1. The number of imidazole rings is 1. The Labute approximate surface area is 226 Å². The number of fused-ring (bicyclic) bond motifs is 2. The molecule has 1 aromatic heterocycles. The first kappa shape index (κ1) is 25.1. The maximum Gasteiger partial charge on any atom is 0.324 e. The first-order valence-electron chi connectivity index (χ1n) is 14.1. The van der Waals surface area contributed by atoms with Gasteiger partial charge in [0.25, 0.3) is 0 Å². The average molecular weight is 514 g/mol. The first-order chi connectivity index (χ1) is 18.4. The molecule has 7 nitrogen and oxygen atoms in total. The largest absolute Gasteiger partial charge is 0.362 e. The van der Waals surface area contributed by atoms with Gasteiger partial charge in [-0.05, 0) is 70.3 Å². The van der Waals surface area contributed by atoms with E-state index < -0.39 is 0 Å². The Bertz CT molecular complexity index is 1310. The third-order valence-corrected chi connectivity index (χ3v) is 8.54. The highest BCUT2D eigenvalue weighted by molar-refractivity contribution is 5.94. The predicted molar refractivity (Wildman–Crippen MR) is 151 cm³/mol. The van der Waals surface area contributed by atoms with Crippen LogP contribution in [0.2, 0.25) is 0 Å². The zero-order valence-corrected chi connectivity index (χ0v) is 23.1. The second-order valence-corrected chi connectivity index (χ2v) is 11.3. The molecular weight excluding hydrogens is 474 g/mol. The van der Waals surface area contributed by atoms with Crippen LogP contribution in [0.1, 0.15) is 55.4 Å². The standard InChI is InChI=1S/C31H39N5O2/c1-21(2)34-19-20-36(31(34)37)25-11-9-24(10-12-25)28-22(3)35-18-13-23-7-5-6-8-27(23)29(30(35)32-28)38-26-14-16-33(4)17-15-26/h5-12,21,26,29H,13-20H2,1-4H3. The summed E-state index contributed by atoms with van der Waals surface area (Å²) in [4.78, 5) is 24.3. The van der Waals surface area contributed by atoms with Crippen molar-refractivity contribution >= 4 is 11.7 Å². The number of carbonyl (C=O) groups excluding carboxylic acids is 1. The number of amides is 2. The SMILES string of the molecule is Cc1c(-c2ccc(N3CCN(C(C)C)C3=O)cc2)nc2n1CCc1ccccc1C2OC1CCN(C)CC1. The van der Waals surface area contributed by atoms with Gasteiger partial charge in [-0.2, -0.15) is 0 Å². The van der Waals surface area contributed by atoms with Gasteiger partial charge in [-0.15, -0.1) is 0 Å². The zero-order chi connectivity index (χ0) is 26.4. The van der Waals surface area contributed by atoms with Crippen molar-refractivity contribution in [3.05, 3.63) is 71.2 Å². The van der Waals surface area contributed by atoms with Crippen LogP contribution in [-0.4, -0.2) is 70.8 Å². The maximum atomic E-state index is 12.9. The van der Waals surface area contributed by atoms with E-state index in [2.05, 4.69) is 85.8 Å². The van der Waals surface area contributed by atoms with Crippen molar-refractivity contribution < 1.29 is 9.53 Å². The van der Waals surface area contributed by atoms with E-state index in [1.165, 1.54) is 16.8 Å². The number of hydrogen-bond donors (Lipinski definition) is 0. The summed E-state index contributed by atoms with van der Waals surface area (Å²) < 4.78 is 9.26. The number of ether oxygens (including phenoxy) is 1. The minimum atomic E-state index is -0.168. The van der Waals surface area contributed by atoms with E-state index in [0.29, 0.717) is 0 Å². The molecule has 3 aliphatic heterocycles. The number of aryl methyl sites for hydroxylation is 1. The van der Waals surface area contributed by atoms with Gasteiger partial charge in [-0.3, -0.25) is 4.90 Å². The molecule has 6 rings (SSSR count). The average Bonchev–Trinajstić information content (AvgIpc) is 3.42. The van der Waals surface area contributed by atoms with Crippen molar-refractivity contribution in [1.29, 1.82) is 0 Å². The smallest absolute Gasteiger partial charge is 0.324 e. The molecule has 2 aromatic carbocycles. The highest BCUT2D eigenvalue weighted by Crippen LogP contribution is 2.38. The molecule has 4 heterocycles. The lowest BCUT2D eigenvalue weighted by Crippen LogP contribution is -2.36. The van der Waals surface area contributed by atoms with E-state index >= 15 is 0 Å². The van der Waals surface area contributed by atoms with Crippen molar-refractivity contribution in [1.82, 2.24) is 19.4 Å². The Balaban J connectivity index is 1.31. The summed E-state index contributed by atoms with van der Waals surface area (Å²) in [7, 11) is 2.19. The van der Waals surface area contributed by atoms with Gasteiger partial charge in [0.1, 0.15) is 11.9 Å². The minimum Gasteiger partial charge on any atom is -0.362 e. The van der Waals surface area contributed by atoms with Gasteiger partial charge in [0, 0.05) is 55.7 Å². The highest BCUT2D eigenvalue weighted by atomic mass is 16.5. The van der Waals surface area contributed by atoms with Gasteiger partial charge in [0.05, 0.1) is 11.8 Å². The summed E-state index contributed by atoms with van der Waals surface area (Å²) >= 11 is 0. The molecule has 2 fully saturated rings. The summed E-state index contributed by atoms with van der Waals surface area (Å²) in [5, 5.41) is 0. The number of rotatable bonds is 5. The number of piperidine rings is 1. The second-order valence-electron chi connectivity index (χ2n) is 11.3. The molecule has 1 unspecified atom stereocenters. The van der Waals surface area contributed by atoms with Crippen molar-refractivity contribution in [3.8, 4) is 11.3 Å². The van der Waals surface area contributed by atoms with Crippen LogP contribution < -0.4 is 4.90 Å². The van der Waals surface area contributed by atoms with Crippen LogP contribution in [0.25, 0.3) is 11.3 Å². The van der Waals surface area contributed by atoms with Crippen LogP contribution in [0.5, 0.6) is 0 Å². The van der Waals surface area contributed by atoms with Gasteiger partial charge >= 0.3 is 6.03 Å². The molecule has 0 bridgehead atoms. The number of anilines is 1. The number of urea groups is 1. The van der Waals surface area contributed by atoms with Crippen LogP contribution in [0.4, 0.5) is 10.5 Å². The van der Waals surface area contributed by atoms with E-state index in [1.54, 1.807) is 0 Å². The molecule has 3 aromatic rings. The van der Waals surface area contributed by atoms with Gasteiger partial charge in [0.15, 0.2) is 0 Å². The molecule has 1 atom stereocenters. The molecule has 0 saturated carbocycles. The lowest BCUT2D eigenvalue weighted by atomic mass is 10.00. The normalized spacial score (nSPS) is 20.7. The fraction of sp³-hybridized carbons (Fsp3) is 0.484. The molecule has 200 valence electrons. The third kappa shape index (κ3) is 4.52. The van der Waals surface area contributed by atoms with Crippen molar-refractivity contribution in [2.24, 2.45) is 0 Å². The Morgan fingerprint density at radius 3 is 2.39 bits per heavy atom. The molecule has 38 heavy (non-hydrogen) atoms. The van der Waals surface area contributed by atoms with Crippen LogP contribution >= 0.6 is 0 Å². The number of benzene rings is 2. The summed E-state index contributed by atoms with van der Waals surface area (Å²) in [6, 6.07) is 17.3. The van der Waals surface area contributed by atoms with Gasteiger partial charge < -0.3 is 19.1 Å². The number of hydrogen-bond acceptors (Lipinski definition) is 4. The summed E-state index contributed by atoms with van der Waals surface area (Å²) in [5.41, 5.74) is 6.79. The van der Waals surface area contributed by atoms with Gasteiger partial charge in [-0.25, -0.2) is 9.78 Å². The van der Waals surface area contributed by atoms with E-state index in [9.17, 15) is 4.79 Å². The van der Waals surface area contributed by atoms with Crippen LogP contribution in [0, 0.1) is 6.92 Å². The van der Waals surface area contributed by atoms with Crippen molar-refractivity contribution in [2.75, 3.05) is 38.1 Å². The Morgan fingerprint density at radius 1 is 0.947 bits per heavy atom. The predicted octanol–water partition coefficient (Wildman–Crippen LogP) is 5.27. The second kappa shape index (κ2) is 10.2.